The molecule has 0 bridgehead atoms. The standard InChI is InChI=1S/C23H27F20NO8S/c1-13(10-50-12(46)44-8-11(45)9-53(47,48)49,51-6-4-16(28,29)20(36,37)22(40,41)18(32,33)14(2,24)25)52-7-5-17(30,31)21(38,39)23(42,43)19(34,35)15(3,26)27/h11,45H,4-10H2,1-3H3,(H,44,46)(H,47,48,49). The number of carbonyl (C=O) groups excluding carboxylic acids is 1. The molecule has 0 saturated carbocycles. The van der Waals surface area contributed by atoms with Gasteiger partial charge in [0.05, 0.1) is 19.3 Å². The summed E-state index contributed by atoms with van der Waals surface area (Å²) in [5.74, 6) is -74.1. The van der Waals surface area contributed by atoms with Crippen LogP contribution in [0.1, 0.15) is 33.6 Å². The van der Waals surface area contributed by atoms with E-state index in [2.05, 4.69) is 14.2 Å². The van der Waals surface area contributed by atoms with Gasteiger partial charge in [-0.25, -0.2) is 4.79 Å². The first-order chi connectivity index (χ1) is 22.9. The molecule has 0 aliphatic heterocycles. The van der Waals surface area contributed by atoms with Crippen molar-refractivity contribution in [3.05, 3.63) is 0 Å². The number of carbonyl (C=O) groups is 1. The number of rotatable bonds is 22. The Morgan fingerprint density at radius 1 is 0.604 bits per heavy atom. The van der Waals surface area contributed by atoms with Gasteiger partial charge in [0.25, 0.3) is 10.1 Å². The average Bonchev–Trinajstić information content (AvgIpc) is 2.92. The highest BCUT2D eigenvalue weighted by molar-refractivity contribution is 7.85. The SMILES string of the molecule is CC(COC(=O)NCC(O)CS(=O)(=O)O)(OCCC(F)(F)C(F)(F)C(F)(F)C(F)(F)C(C)(F)F)OCCC(F)(F)C(F)(F)C(F)(F)C(F)(F)C(C)(F)F. The van der Waals surface area contributed by atoms with Gasteiger partial charge in [0.1, 0.15) is 12.4 Å². The van der Waals surface area contributed by atoms with Crippen molar-refractivity contribution in [1.29, 1.82) is 0 Å². The monoisotopic (exact) mass is 857 g/mol. The minimum atomic E-state index is -7.54. The van der Waals surface area contributed by atoms with Crippen molar-refractivity contribution < 1.29 is 125 Å². The molecule has 0 aromatic rings. The fraction of sp³-hybridized carbons (Fsp3) is 0.957. The molecule has 0 fully saturated rings. The molecule has 1 amide bonds. The van der Waals surface area contributed by atoms with Crippen molar-refractivity contribution in [2.45, 2.75) is 105 Å². The third-order valence-corrected chi connectivity index (χ3v) is 7.40. The van der Waals surface area contributed by atoms with Crippen molar-refractivity contribution in [1.82, 2.24) is 5.32 Å². The van der Waals surface area contributed by atoms with Gasteiger partial charge in [0, 0.05) is 33.2 Å². The summed E-state index contributed by atoms with van der Waals surface area (Å²) in [5, 5.41) is 10.9. The van der Waals surface area contributed by atoms with E-state index in [1.54, 1.807) is 0 Å². The van der Waals surface area contributed by atoms with E-state index in [-0.39, 0.29) is 6.92 Å². The number of alkyl halides is 20. The molecule has 0 radical (unpaired) electrons. The van der Waals surface area contributed by atoms with Crippen LogP contribution in [0.3, 0.4) is 0 Å². The Bertz CT molecular complexity index is 1280. The predicted octanol–water partition coefficient (Wildman–Crippen LogP) is 6.88. The summed E-state index contributed by atoms with van der Waals surface area (Å²) in [6, 6.07) is 0. The van der Waals surface area contributed by atoms with Gasteiger partial charge in [-0.05, 0) is 6.92 Å². The minimum absolute atomic E-state index is 0.181. The van der Waals surface area contributed by atoms with Crippen LogP contribution in [0, 0.1) is 0 Å². The van der Waals surface area contributed by atoms with E-state index < -0.39 is 146 Å². The zero-order valence-corrected chi connectivity index (χ0v) is 27.2. The van der Waals surface area contributed by atoms with Crippen LogP contribution in [0.2, 0.25) is 0 Å². The van der Waals surface area contributed by atoms with Crippen LogP contribution in [0.15, 0.2) is 0 Å². The molecule has 318 valence electrons. The molecule has 30 heteroatoms. The van der Waals surface area contributed by atoms with Crippen molar-refractivity contribution in [3.8, 4) is 0 Å². The summed E-state index contributed by atoms with van der Waals surface area (Å²) < 4.78 is 316. The van der Waals surface area contributed by atoms with Crippen LogP contribution < -0.4 is 5.32 Å². The Balaban J connectivity index is 6.28. The third kappa shape index (κ3) is 10.9. The largest absolute Gasteiger partial charge is 0.444 e. The number of aliphatic hydroxyl groups is 1. The normalized spacial score (nSPS) is 16.1. The molecule has 0 aromatic carbocycles. The molecule has 0 aromatic heterocycles. The summed E-state index contributed by atoms with van der Waals surface area (Å²) in [5.41, 5.74) is 0. The first kappa shape index (κ1) is 50.7. The summed E-state index contributed by atoms with van der Waals surface area (Å²) in [7, 11) is -4.89. The Labute approximate surface area is 284 Å². The van der Waals surface area contributed by atoms with Gasteiger partial charge in [-0.1, -0.05) is 0 Å². The van der Waals surface area contributed by atoms with Crippen LogP contribution in [0.4, 0.5) is 92.6 Å². The summed E-state index contributed by atoms with van der Waals surface area (Å²) in [6.07, 6.45) is -9.90. The number of aliphatic hydroxyl groups excluding tert-OH is 1. The molecule has 0 saturated heterocycles. The average molecular weight is 857 g/mol. The molecule has 1 atom stereocenters. The second kappa shape index (κ2) is 15.7. The van der Waals surface area contributed by atoms with Crippen LogP contribution in [-0.4, -0.2) is 127 Å². The van der Waals surface area contributed by atoms with E-state index in [0.29, 0.717) is 0 Å². The maximum Gasteiger partial charge on any atom is 0.407 e. The topological polar surface area (TPSA) is 131 Å². The smallest absolute Gasteiger partial charge is 0.407 e. The highest BCUT2D eigenvalue weighted by Crippen LogP contribution is 2.59. The lowest BCUT2D eigenvalue weighted by atomic mass is 9.93. The fourth-order valence-corrected chi connectivity index (χ4v) is 3.99. The molecule has 1 unspecified atom stereocenters. The van der Waals surface area contributed by atoms with Gasteiger partial charge in [0.2, 0.25) is 0 Å². The first-order valence-electron chi connectivity index (χ1n) is 13.5. The van der Waals surface area contributed by atoms with Crippen LogP contribution in [0.5, 0.6) is 0 Å². The van der Waals surface area contributed by atoms with Crippen LogP contribution in [-0.2, 0) is 24.3 Å². The van der Waals surface area contributed by atoms with E-state index in [1.807, 2.05) is 0 Å². The highest BCUT2D eigenvalue weighted by atomic mass is 32.2. The second-order valence-corrected chi connectivity index (χ2v) is 12.8. The molecule has 3 N–H and O–H groups in total. The van der Waals surface area contributed by atoms with E-state index in [9.17, 15) is 106 Å². The highest BCUT2D eigenvalue weighted by Gasteiger charge is 2.86. The minimum Gasteiger partial charge on any atom is -0.444 e. The molecular weight excluding hydrogens is 830 g/mol. The lowest BCUT2D eigenvalue weighted by Gasteiger charge is -2.39. The molecule has 0 aliphatic carbocycles. The van der Waals surface area contributed by atoms with Gasteiger partial charge in [-0.3, -0.25) is 4.55 Å². The summed E-state index contributed by atoms with van der Waals surface area (Å²) >= 11 is 0. The molecular formula is C23H27F20NO8S. The van der Waals surface area contributed by atoms with Gasteiger partial charge in [0.15, 0.2) is 5.79 Å². The fourth-order valence-electron chi connectivity index (χ4n) is 3.39. The predicted molar refractivity (Wildman–Crippen MR) is 132 cm³/mol. The molecule has 0 heterocycles. The maximum absolute atomic E-state index is 14.2. The lowest BCUT2D eigenvalue weighted by molar-refractivity contribution is -0.402. The Kier molecular flexibility index (Phi) is 15.0. The van der Waals surface area contributed by atoms with Crippen molar-refractivity contribution in [2.24, 2.45) is 0 Å². The molecule has 9 nitrogen and oxygen atoms in total. The lowest BCUT2D eigenvalue weighted by Crippen LogP contribution is -2.66. The second-order valence-electron chi connectivity index (χ2n) is 11.3. The molecule has 0 aliphatic rings. The number of alkyl carbamates (subject to hydrolysis) is 1. The van der Waals surface area contributed by atoms with Gasteiger partial charge in [-0.15, -0.1) is 0 Å². The van der Waals surface area contributed by atoms with Crippen molar-refractivity contribution in [2.75, 3.05) is 32.1 Å². The third-order valence-electron chi connectivity index (χ3n) is 6.60. The zero-order chi connectivity index (χ0) is 42.9. The zero-order valence-electron chi connectivity index (χ0n) is 26.3. The Morgan fingerprint density at radius 3 is 1.21 bits per heavy atom. The Hall–Kier alpha value is -2.34. The van der Waals surface area contributed by atoms with Gasteiger partial charge in [-0.2, -0.15) is 96.2 Å². The number of nitrogens with one attached hydrogen (secondary N) is 1. The number of ether oxygens (including phenoxy) is 3. The number of halogens is 20. The summed E-state index contributed by atoms with van der Waals surface area (Å²) in [6.45, 7) is -9.43. The van der Waals surface area contributed by atoms with E-state index >= 15 is 0 Å². The molecule has 53 heavy (non-hydrogen) atoms. The maximum atomic E-state index is 14.2. The first-order valence-corrected chi connectivity index (χ1v) is 15.1. The quantitative estimate of drug-likeness (QED) is 0.0611. The Morgan fingerprint density at radius 2 is 0.925 bits per heavy atom. The summed E-state index contributed by atoms with van der Waals surface area (Å²) in [4.78, 5) is 11.8. The van der Waals surface area contributed by atoms with E-state index in [4.69, 9.17) is 4.55 Å². The van der Waals surface area contributed by atoms with Crippen LogP contribution >= 0.6 is 0 Å². The molecule has 0 spiro atoms. The van der Waals surface area contributed by atoms with Crippen molar-refractivity contribution in [3.63, 3.8) is 0 Å². The van der Waals surface area contributed by atoms with Crippen molar-refractivity contribution >= 4 is 16.2 Å². The number of hydrogen-bond donors (Lipinski definition) is 3. The van der Waals surface area contributed by atoms with Gasteiger partial charge >= 0.3 is 65.3 Å². The number of hydrogen-bond acceptors (Lipinski definition) is 7. The van der Waals surface area contributed by atoms with Gasteiger partial charge < -0.3 is 24.6 Å². The number of amides is 1. The van der Waals surface area contributed by atoms with E-state index in [0.717, 1.165) is 0 Å². The van der Waals surface area contributed by atoms with Crippen LogP contribution in [0.25, 0.3) is 0 Å². The van der Waals surface area contributed by atoms with E-state index in [1.165, 1.54) is 5.32 Å². The molecule has 0 rings (SSSR count).